The number of hydrogen-bond acceptors (Lipinski definition) is 4. The zero-order valence-corrected chi connectivity index (χ0v) is 11.4. The number of carbonyl (C=O) groups excluding carboxylic acids is 2. The summed E-state index contributed by atoms with van der Waals surface area (Å²) in [5.74, 6) is -0.202. The molecule has 6 nitrogen and oxygen atoms in total. The van der Waals surface area contributed by atoms with Crippen LogP contribution in [0.2, 0.25) is 0 Å². The molecule has 108 valence electrons. The Kier molecular flexibility index (Phi) is 4.87. The molecular weight excluding hydrogens is 270 g/mol. The van der Waals surface area contributed by atoms with Crippen LogP contribution in [0.15, 0.2) is 58.2 Å². The van der Waals surface area contributed by atoms with E-state index in [1.54, 1.807) is 43.3 Å². The summed E-state index contributed by atoms with van der Waals surface area (Å²) in [6.07, 6.45) is 2.88. The molecule has 0 bridgehead atoms. The van der Waals surface area contributed by atoms with Gasteiger partial charge in [0.15, 0.2) is 0 Å². The van der Waals surface area contributed by atoms with Crippen molar-refractivity contribution in [1.82, 2.24) is 10.7 Å². The van der Waals surface area contributed by atoms with Gasteiger partial charge in [-0.2, -0.15) is 5.10 Å². The highest BCUT2D eigenvalue weighted by atomic mass is 16.3. The quantitative estimate of drug-likeness (QED) is 0.645. The third kappa shape index (κ3) is 4.31. The molecule has 2 amide bonds. The van der Waals surface area contributed by atoms with Gasteiger partial charge in [-0.15, -0.1) is 0 Å². The van der Waals surface area contributed by atoms with E-state index in [1.807, 2.05) is 6.07 Å². The third-order valence-corrected chi connectivity index (χ3v) is 2.69. The van der Waals surface area contributed by atoms with E-state index in [9.17, 15) is 9.59 Å². The van der Waals surface area contributed by atoms with Gasteiger partial charge in [0.2, 0.25) is 0 Å². The van der Waals surface area contributed by atoms with E-state index in [4.69, 9.17) is 4.42 Å². The van der Waals surface area contributed by atoms with Crippen LogP contribution in [0.5, 0.6) is 0 Å². The molecule has 0 saturated carbocycles. The van der Waals surface area contributed by atoms with E-state index in [-0.39, 0.29) is 5.91 Å². The van der Waals surface area contributed by atoms with Crippen molar-refractivity contribution in [3.05, 3.63) is 60.1 Å². The predicted octanol–water partition coefficient (Wildman–Crippen LogP) is 1.55. The van der Waals surface area contributed by atoms with Crippen LogP contribution >= 0.6 is 0 Å². The van der Waals surface area contributed by atoms with E-state index in [2.05, 4.69) is 15.8 Å². The molecule has 0 saturated heterocycles. The molecule has 0 radical (unpaired) electrons. The van der Waals surface area contributed by atoms with Crippen LogP contribution in [0.4, 0.5) is 0 Å². The molecule has 1 aromatic carbocycles. The molecule has 0 aliphatic carbocycles. The Hall–Kier alpha value is -2.89. The van der Waals surface area contributed by atoms with Gasteiger partial charge in [-0.3, -0.25) is 9.59 Å². The van der Waals surface area contributed by atoms with Crippen molar-refractivity contribution < 1.29 is 14.0 Å². The highest BCUT2D eigenvalue weighted by Gasteiger charge is 2.15. The summed E-state index contributed by atoms with van der Waals surface area (Å²) in [6, 6.07) is 11.4. The van der Waals surface area contributed by atoms with Crippen molar-refractivity contribution in [1.29, 1.82) is 0 Å². The maximum absolute atomic E-state index is 11.9. The van der Waals surface area contributed by atoms with Crippen LogP contribution in [0.25, 0.3) is 0 Å². The van der Waals surface area contributed by atoms with Gasteiger partial charge < -0.3 is 9.73 Å². The Balaban J connectivity index is 1.84. The van der Waals surface area contributed by atoms with Crippen molar-refractivity contribution in [3.8, 4) is 0 Å². The van der Waals surface area contributed by atoms with Gasteiger partial charge in [0.25, 0.3) is 11.8 Å². The summed E-state index contributed by atoms with van der Waals surface area (Å²) in [4.78, 5) is 23.6. The number of hydrogen-bond donors (Lipinski definition) is 2. The molecule has 0 fully saturated rings. The Morgan fingerprint density at radius 1 is 1.19 bits per heavy atom. The summed E-state index contributed by atoms with van der Waals surface area (Å²) in [5.41, 5.74) is 2.83. The first-order valence-corrected chi connectivity index (χ1v) is 6.39. The Bertz CT molecular complexity index is 621. The molecule has 1 heterocycles. The van der Waals surface area contributed by atoms with E-state index in [1.165, 1.54) is 12.5 Å². The Morgan fingerprint density at radius 2 is 1.95 bits per heavy atom. The summed E-state index contributed by atoms with van der Waals surface area (Å²) < 4.78 is 5.03. The zero-order chi connectivity index (χ0) is 15.1. The van der Waals surface area contributed by atoms with Crippen molar-refractivity contribution in [2.45, 2.75) is 13.0 Å². The number of benzene rings is 1. The maximum atomic E-state index is 11.9. The lowest BCUT2D eigenvalue weighted by Gasteiger charge is -2.11. The summed E-state index contributed by atoms with van der Waals surface area (Å²) in [7, 11) is 0. The molecule has 0 aliphatic rings. The lowest BCUT2D eigenvalue weighted by atomic mass is 10.2. The molecule has 21 heavy (non-hydrogen) atoms. The zero-order valence-electron chi connectivity index (χ0n) is 11.4. The van der Waals surface area contributed by atoms with Gasteiger partial charge in [-0.1, -0.05) is 18.2 Å². The maximum Gasteiger partial charge on any atom is 0.262 e. The summed E-state index contributed by atoms with van der Waals surface area (Å²) in [6.45, 7) is 1.58. The number of furan rings is 1. The fraction of sp³-hybridized carbons (Fsp3) is 0.133. The number of rotatable bonds is 5. The minimum absolute atomic E-state index is 0.312. The number of nitrogens with one attached hydrogen (secondary N) is 2. The second-order valence-corrected chi connectivity index (χ2v) is 4.31. The fourth-order valence-corrected chi connectivity index (χ4v) is 1.56. The summed E-state index contributed by atoms with van der Waals surface area (Å²) in [5, 5.41) is 6.34. The van der Waals surface area contributed by atoms with Crippen molar-refractivity contribution >= 4 is 18.0 Å². The van der Waals surface area contributed by atoms with Gasteiger partial charge in [-0.05, 0) is 31.2 Å². The van der Waals surface area contributed by atoms with Crippen LogP contribution in [-0.4, -0.2) is 24.1 Å². The average molecular weight is 285 g/mol. The van der Waals surface area contributed by atoms with Crippen LogP contribution in [0, 0.1) is 0 Å². The second-order valence-electron chi connectivity index (χ2n) is 4.31. The molecule has 0 spiro atoms. The fourth-order valence-electron chi connectivity index (χ4n) is 1.56. The van der Waals surface area contributed by atoms with E-state index in [0.29, 0.717) is 11.3 Å². The average Bonchev–Trinajstić information content (AvgIpc) is 3.01. The molecule has 0 aliphatic heterocycles. The van der Waals surface area contributed by atoms with Gasteiger partial charge in [-0.25, -0.2) is 5.43 Å². The Labute approximate surface area is 121 Å². The molecule has 2 rings (SSSR count). The predicted molar refractivity (Wildman–Crippen MR) is 77.8 cm³/mol. The minimum atomic E-state index is -0.702. The number of nitrogens with zero attached hydrogens (tertiary/aromatic N) is 1. The highest BCUT2D eigenvalue weighted by molar-refractivity contribution is 5.97. The molecule has 0 unspecified atom stereocenters. The third-order valence-electron chi connectivity index (χ3n) is 2.69. The number of amides is 2. The largest absolute Gasteiger partial charge is 0.463 e. The van der Waals surface area contributed by atoms with Crippen LogP contribution in [0.3, 0.4) is 0 Å². The smallest absolute Gasteiger partial charge is 0.262 e. The molecule has 1 atom stereocenters. The molecule has 1 aromatic heterocycles. The SMILES string of the molecule is C[C@H](NC(=O)c1ccccc1)C(=O)N/N=C\c1ccco1. The molecule has 2 aromatic rings. The highest BCUT2D eigenvalue weighted by Crippen LogP contribution is 1.99. The summed E-state index contributed by atoms with van der Waals surface area (Å²) >= 11 is 0. The van der Waals surface area contributed by atoms with Crippen molar-refractivity contribution in [2.75, 3.05) is 0 Å². The van der Waals surface area contributed by atoms with E-state index >= 15 is 0 Å². The molecular formula is C15H15N3O3. The Morgan fingerprint density at radius 3 is 2.62 bits per heavy atom. The van der Waals surface area contributed by atoms with Crippen molar-refractivity contribution in [2.24, 2.45) is 5.10 Å². The van der Waals surface area contributed by atoms with Gasteiger partial charge in [0, 0.05) is 5.56 Å². The van der Waals surface area contributed by atoms with E-state index < -0.39 is 11.9 Å². The standard InChI is InChI=1S/C15H15N3O3/c1-11(17-15(20)12-6-3-2-4-7-12)14(19)18-16-10-13-8-5-9-21-13/h2-11H,1H3,(H,17,20)(H,18,19)/b16-10-/t11-/m0/s1. The van der Waals surface area contributed by atoms with Crippen LogP contribution in [-0.2, 0) is 4.79 Å². The molecule has 6 heteroatoms. The first kappa shape index (κ1) is 14.5. The first-order valence-electron chi connectivity index (χ1n) is 6.39. The van der Waals surface area contributed by atoms with Gasteiger partial charge in [0.1, 0.15) is 11.8 Å². The van der Waals surface area contributed by atoms with Crippen molar-refractivity contribution in [3.63, 3.8) is 0 Å². The first-order chi connectivity index (χ1) is 10.2. The van der Waals surface area contributed by atoms with E-state index in [0.717, 1.165) is 0 Å². The van der Waals surface area contributed by atoms with Gasteiger partial charge in [0.05, 0.1) is 12.5 Å². The lowest BCUT2D eigenvalue weighted by Crippen LogP contribution is -2.43. The molecule has 2 N–H and O–H groups in total. The normalized spacial score (nSPS) is 12.0. The number of carbonyl (C=O) groups is 2. The number of hydrazone groups is 1. The van der Waals surface area contributed by atoms with Crippen LogP contribution in [0.1, 0.15) is 23.0 Å². The topological polar surface area (TPSA) is 83.7 Å². The monoisotopic (exact) mass is 285 g/mol. The van der Waals surface area contributed by atoms with Gasteiger partial charge >= 0.3 is 0 Å². The second kappa shape index (κ2) is 7.04. The minimum Gasteiger partial charge on any atom is -0.463 e. The van der Waals surface area contributed by atoms with Crippen LogP contribution < -0.4 is 10.7 Å². The lowest BCUT2D eigenvalue weighted by molar-refractivity contribution is -0.122.